The average molecular weight is 361 g/mol. The zero-order valence-electron chi connectivity index (χ0n) is 13.9. The number of benzene rings is 1. The minimum Gasteiger partial charge on any atom is -0.493 e. The Balaban J connectivity index is 1.46. The fourth-order valence-corrected chi connectivity index (χ4v) is 3.46. The van der Waals surface area contributed by atoms with Crippen LogP contribution in [0.2, 0.25) is 0 Å². The highest BCUT2D eigenvalue weighted by Gasteiger charge is 2.17. The second-order valence-electron chi connectivity index (χ2n) is 5.63. The van der Waals surface area contributed by atoms with Crippen LogP contribution in [-0.4, -0.2) is 58.1 Å². The van der Waals surface area contributed by atoms with E-state index in [-0.39, 0.29) is 0 Å². The Bertz CT molecular complexity index is 843. The number of rotatable bonds is 6. The van der Waals surface area contributed by atoms with E-state index in [9.17, 15) is 0 Å². The summed E-state index contributed by atoms with van der Waals surface area (Å²) in [6, 6.07) is 7.57. The first-order chi connectivity index (χ1) is 12.3. The third-order valence-corrected chi connectivity index (χ3v) is 4.86. The predicted octanol–water partition coefficient (Wildman–Crippen LogP) is 1.61. The van der Waals surface area contributed by atoms with Gasteiger partial charge in [0.2, 0.25) is 4.96 Å². The molecule has 0 aliphatic carbocycles. The Labute approximate surface area is 148 Å². The van der Waals surface area contributed by atoms with Gasteiger partial charge in [-0.2, -0.15) is 9.61 Å². The van der Waals surface area contributed by atoms with Crippen LogP contribution >= 0.6 is 11.3 Å². The molecule has 0 amide bonds. The fourth-order valence-electron chi connectivity index (χ4n) is 2.69. The van der Waals surface area contributed by atoms with Crippen LogP contribution in [0.4, 0.5) is 0 Å². The quantitative estimate of drug-likeness (QED) is 0.660. The van der Waals surface area contributed by atoms with Crippen molar-refractivity contribution in [2.45, 2.75) is 13.2 Å². The van der Waals surface area contributed by atoms with Gasteiger partial charge in [-0.15, -0.1) is 10.2 Å². The van der Waals surface area contributed by atoms with Gasteiger partial charge >= 0.3 is 0 Å². The van der Waals surface area contributed by atoms with E-state index >= 15 is 0 Å². The van der Waals surface area contributed by atoms with E-state index in [0.29, 0.717) is 18.1 Å². The Morgan fingerprint density at radius 3 is 2.76 bits per heavy atom. The number of hydrogen-bond acceptors (Lipinski definition) is 8. The molecule has 3 aromatic rings. The maximum absolute atomic E-state index is 5.84. The molecule has 8 nitrogen and oxygen atoms in total. The van der Waals surface area contributed by atoms with Crippen LogP contribution in [-0.2, 0) is 17.9 Å². The predicted molar refractivity (Wildman–Crippen MR) is 92.1 cm³/mol. The summed E-state index contributed by atoms with van der Waals surface area (Å²) in [4.78, 5) is 3.08. The van der Waals surface area contributed by atoms with Crippen molar-refractivity contribution in [3.63, 3.8) is 0 Å². The minimum absolute atomic E-state index is 0.366. The lowest BCUT2D eigenvalue weighted by molar-refractivity contribution is 0.0328. The van der Waals surface area contributed by atoms with E-state index in [2.05, 4.69) is 20.2 Å². The largest absolute Gasteiger partial charge is 0.493 e. The maximum Gasteiger partial charge on any atom is 0.234 e. The van der Waals surface area contributed by atoms with Crippen molar-refractivity contribution in [2.75, 3.05) is 33.4 Å². The van der Waals surface area contributed by atoms with Gasteiger partial charge in [-0.25, -0.2) is 0 Å². The first kappa shape index (κ1) is 16.2. The van der Waals surface area contributed by atoms with E-state index in [1.54, 1.807) is 11.6 Å². The van der Waals surface area contributed by atoms with E-state index in [1.807, 2.05) is 24.3 Å². The van der Waals surface area contributed by atoms with Crippen molar-refractivity contribution in [1.82, 2.24) is 24.7 Å². The molecule has 1 saturated heterocycles. The highest BCUT2D eigenvalue weighted by atomic mass is 32.1. The minimum atomic E-state index is 0.366. The molecule has 9 heteroatoms. The molecule has 0 saturated carbocycles. The van der Waals surface area contributed by atoms with Crippen LogP contribution < -0.4 is 9.47 Å². The maximum atomic E-state index is 5.84. The monoisotopic (exact) mass is 361 g/mol. The third-order valence-electron chi connectivity index (χ3n) is 3.99. The Morgan fingerprint density at radius 1 is 1.16 bits per heavy atom. The molecule has 1 fully saturated rings. The van der Waals surface area contributed by atoms with E-state index in [0.717, 1.165) is 48.6 Å². The van der Waals surface area contributed by atoms with Crippen molar-refractivity contribution < 1.29 is 14.2 Å². The van der Waals surface area contributed by atoms with Gasteiger partial charge in [0, 0.05) is 13.1 Å². The summed E-state index contributed by atoms with van der Waals surface area (Å²) in [5.74, 6) is 2.25. The summed E-state index contributed by atoms with van der Waals surface area (Å²) in [6.45, 7) is 4.42. The van der Waals surface area contributed by atoms with Crippen LogP contribution in [0.5, 0.6) is 11.5 Å². The molecule has 132 valence electrons. The molecule has 3 heterocycles. The Kier molecular flexibility index (Phi) is 4.77. The smallest absolute Gasteiger partial charge is 0.234 e. The second-order valence-corrected chi connectivity index (χ2v) is 6.67. The van der Waals surface area contributed by atoms with Gasteiger partial charge in [0.15, 0.2) is 22.3 Å². The van der Waals surface area contributed by atoms with E-state index in [4.69, 9.17) is 14.2 Å². The standard InChI is InChI=1S/C16H19N5O3S/c1-22-12-4-2-3-5-13(12)24-11-15-19-21-14(17-18-16(21)25-15)10-20-6-8-23-9-7-20/h2-5H,6-11H2,1H3. The summed E-state index contributed by atoms with van der Waals surface area (Å²) >= 11 is 1.48. The average Bonchev–Trinajstić information content (AvgIpc) is 3.22. The topological polar surface area (TPSA) is 74.0 Å². The number of para-hydroxylation sites is 2. The number of aromatic nitrogens is 4. The van der Waals surface area contributed by atoms with Crippen molar-refractivity contribution >= 4 is 16.3 Å². The van der Waals surface area contributed by atoms with Gasteiger partial charge in [0.25, 0.3) is 0 Å². The summed E-state index contributed by atoms with van der Waals surface area (Å²) in [5.41, 5.74) is 0. The highest BCUT2D eigenvalue weighted by molar-refractivity contribution is 7.16. The van der Waals surface area contributed by atoms with Crippen LogP contribution in [0.15, 0.2) is 24.3 Å². The lowest BCUT2D eigenvalue weighted by Gasteiger charge is -2.25. The summed E-state index contributed by atoms with van der Waals surface area (Å²) in [6.07, 6.45) is 0. The van der Waals surface area contributed by atoms with E-state index < -0.39 is 0 Å². The molecule has 0 atom stereocenters. The molecule has 1 aliphatic rings. The normalized spacial score (nSPS) is 15.6. The van der Waals surface area contributed by atoms with Gasteiger partial charge in [-0.1, -0.05) is 23.5 Å². The second kappa shape index (κ2) is 7.34. The van der Waals surface area contributed by atoms with Crippen LogP contribution in [0.25, 0.3) is 4.96 Å². The Morgan fingerprint density at radius 2 is 1.96 bits per heavy atom. The summed E-state index contributed by atoms with van der Waals surface area (Å²) in [5, 5.41) is 13.9. The number of hydrogen-bond donors (Lipinski definition) is 0. The number of nitrogens with zero attached hydrogens (tertiary/aromatic N) is 5. The molecule has 2 aromatic heterocycles. The van der Waals surface area contributed by atoms with Gasteiger partial charge < -0.3 is 14.2 Å². The zero-order valence-corrected chi connectivity index (χ0v) is 14.7. The molecule has 0 unspecified atom stereocenters. The molecule has 0 spiro atoms. The van der Waals surface area contributed by atoms with Crippen molar-refractivity contribution in [1.29, 1.82) is 0 Å². The lowest BCUT2D eigenvalue weighted by atomic mass is 10.3. The van der Waals surface area contributed by atoms with Crippen molar-refractivity contribution in [3.05, 3.63) is 35.1 Å². The number of ether oxygens (including phenoxy) is 3. The summed E-state index contributed by atoms with van der Waals surface area (Å²) < 4.78 is 18.3. The molecular formula is C16H19N5O3S. The molecule has 0 bridgehead atoms. The molecule has 1 aliphatic heterocycles. The lowest BCUT2D eigenvalue weighted by Crippen LogP contribution is -2.36. The molecule has 0 N–H and O–H groups in total. The third kappa shape index (κ3) is 3.58. The van der Waals surface area contributed by atoms with Crippen molar-refractivity contribution in [3.8, 4) is 11.5 Å². The number of morpholine rings is 1. The molecule has 4 rings (SSSR count). The van der Waals surface area contributed by atoms with Gasteiger partial charge in [0.05, 0.1) is 26.9 Å². The van der Waals surface area contributed by atoms with Crippen molar-refractivity contribution in [2.24, 2.45) is 0 Å². The van der Waals surface area contributed by atoms with Gasteiger partial charge in [-0.3, -0.25) is 4.90 Å². The summed E-state index contributed by atoms with van der Waals surface area (Å²) in [7, 11) is 1.63. The van der Waals surface area contributed by atoms with Crippen LogP contribution in [0.1, 0.15) is 10.8 Å². The first-order valence-electron chi connectivity index (χ1n) is 8.09. The Hall–Kier alpha value is -2.23. The zero-order chi connectivity index (χ0) is 17.1. The van der Waals surface area contributed by atoms with Gasteiger partial charge in [-0.05, 0) is 12.1 Å². The molecule has 25 heavy (non-hydrogen) atoms. The molecule has 1 aromatic carbocycles. The SMILES string of the molecule is COc1ccccc1OCc1nn2c(CN3CCOCC3)nnc2s1. The van der Waals surface area contributed by atoms with Gasteiger partial charge in [0.1, 0.15) is 6.61 Å². The number of methoxy groups -OCH3 is 1. The number of fused-ring (bicyclic) bond motifs is 1. The highest BCUT2D eigenvalue weighted by Crippen LogP contribution is 2.27. The molecular weight excluding hydrogens is 342 g/mol. The van der Waals surface area contributed by atoms with Crippen LogP contribution in [0, 0.1) is 0 Å². The van der Waals surface area contributed by atoms with E-state index in [1.165, 1.54) is 11.3 Å². The fraction of sp³-hybridized carbons (Fsp3) is 0.438. The molecule has 0 radical (unpaired) electrons. The van der Waals surface area contributed by atoms with Crippen LogP contribution in [0.3, 0.4) is 0 Å². The first-order valence-corrected chi connectivity index (χ1v) is 8.91.